The average Bonchev–Trinajstić information content (AvgIpc) is 2.27. The van der Waals surface area contributed by atoms with Gasteiger partial charge in [-0.3, -0.25) is 4.79 Å². The first-order chi connectivity index (χ1) is 8.00. The monoisotopic (exact) mass is 238 g/mol. The Morgan fingerprint density at radius 3 is 2.71 bits per heavy atom. The van der Waals surface area contributed by atoms with Crippen LogP contribution in [0.5, 0.6) is 0 Å². The first kappa shape index (κ1) is 13.6. The molecule has 1 N–H and O–H groups in total. The van der Waals surface area contributed by atoms with E-state index in [0.29, 0.717) is 17.7 Å². The van der Waals surface area contributed by atoms with E-state index in [1.807, 2.05) is 14.1 Å². The van der Waals surface area contributed by atoms with Crippen molar-refractivity contribution in [2.45, 2.75) is 13.3 Å². The second kappa shape index (κ2) is 6.35. The van der Waals surface area contributed by atoms with Crippen LogP contribution in [0.2, 0.25) is 0 Å². The largest absolute Gasteiger partial charge is 0.352 e. The van der Waals surface area contributed by atoms with Gasteiger partial charge in [0.05, 0.1) is 0 Å². The van der Waals surface area contributed by atoms with Crippen LogP contribution in [0, 0.1) is 12.7 Å². The molecule has 1 amide bonds. The van der Waals surface area contributed by atoms with Crippen LogP contribution in [0.1, 0.15) is 22.3 Å². The lowest BCUT2D eigenvalue weighted by Gasteiger charge is -2.10. The molecule has 0 spiro atoms. The van der Waals surface area contributed by atoms with Crippen molar-refractivity contribution in [2.24, 2.45) is 0 Å². The van der Waals surface area contributed by atoms with Gasteiger partial charge in [0.15, 0.2) is 0 Å². The van der Waals surface area contributed by atoms with Gasteiger partial charge in [-0.2, -0.15) is 0 Å². The molecule has 0 saturated heterocycles. The van der Waals surface area contributed by atoms with Gasteiger partial charge in [0.1, 0.15) is 5.82 Å². The summed E-state index contributed by atoms with van der Waals surface area (Å²) in [6, 6.07) is 4.53. The van der Waals surface area contributed by atoms with Crippen molar-refractivity contribution >= 4 is 5.91 Å². The van der Waals surface area contributed by atoms with Crippen LogP contribution in [0.25, 0.3) is 0 Å². The number of nitrogens with one attached hydrogen (secondary N) is 1. The minimum atomic E-state index is -0.342. The molecule has 1 aromatic carbocycles. The number of aryl methyl sites for hydroxylation is 1. The van der Waals surface area contributed by atoms with Crippen LogP contribution in [-0.2, 0) is 0 Å². The zero-order valence-corrected chi connectivity index (χ0v) is 10.6. The van der Waals surface area contributed by atoms with Crippen molar-refractivity contribution in [3.8, 4) is 0 Å². The van der Waals surface area contributed by atoms with Gasteiger partial charge < -0.3 is 10.2 Å². The Morgan fingerprint density at radius 2 is 2.12 bits per heavy atom. The van der Waals surface area contributed by atoms with Crippen molar-refractivity contribution in [1.82, 2.24) is 10.2 Å². The van der Waals surface area contributed by atoms with Crippen LogP contribution in [-0.4, -0.2) is 38.0 Å². The average molecular weight is 238 g/mol. The number of hydrogen-bond donors (Lipinski definition) is 1. The topological polar surface area (TPSA) is 32.3 Å². The molecule has 0 bridgehead atoms. The lowest BCUT2D eigenvalue weighted by Crippen LogP contribution is -2.27. The molecule has 17 heavy (non-hydrogen) atoms. The van der Waals surface area contributed by atoms with Crippen LogP contribution in [0.3, 0.4) is 0 Å². The summed E-state index contributed by atoms with van der Waals surface area (Å²) >= 11 is 0. The Morgan fingerprint density at radius 1 is 1.41 bits per heavy atom. The fourth-order valence-corrected chi connectivity index (χ4v) is 1.43. The van der Waals surface area contributed by atoms with Gasteiger partial charge in [-0.05, 0) is 51.7 Å². The summed E-state index contributed by atoms with van der Waals surface area (Å²) in [7, 11) is 3.97. The minimum absolute atomic E-state index is 0.220. The van der Waals surface area contributed by atoms with Crippen molar-refractivity contribution < 1.29 is 9.18 Å². The summed E-state index contributed by atoms with van der Waals surface area (Å²) in [5.41, 5.74) is 0.923. The summed E-state index contributed by atoms with van der Waals surface area (Å²) in [6.45, 7) is 3.20. The zero-order valence-electron chi connectivity index (χ0n) is 10.6. The summed E-state index contributed by atoms with van der Waals surface area (Å²) in [5.74, 6) is -0.561. The highest BCUT2D eigenvalue weighted by molar-refractivity contribution is 5.94. The standard InChI is InChI=1S/C13H19FN2O/c1-10-5-6-11(9-12(10)14)13(17)15-7-4-8-16(2)3/h5-6,9H,4,7-8H2,1-3H3,(H,15,17). The third kappa shape index (κ3) is 4.53. The maximum absolute atomic E-state index is 13.2. The Labute approximate surface area is 102 Å². The van der Waals surface area contributed by atoms with E-state index < -0.39 is 0 Å². The number of amides is 1. The molecule has 0 unspecified atom stereocenters. The molecule has 0 aromatic heterocycles. The first-order valence-corrected chi connectivity index (χ1v) is 5.70. The maximum Gasteiger partial charge on any atom is 0.251 e. The van der Waals surface area contributed by atoms with Crippen molar-refractivity contribution in [3.63, 3.8) is 0 Å². The Bertz CT molecular complexity index is 391. The molecule has 94 valence electrons. The van der Waals surface area contributed by atoms with E-state index in [-0.39, 0.29) is 11.7 Å². The van der Waals surface area contributed by atoms with Gasteiger partial charge in [0, 0.05) is 12.1 Å². The van der Waals surface area contributed by atoms with E-state index in [4.69, 9.17) is 0 Å². The van der Waals surface area contributed by atoms with E-state index in [9.17, 15) is 9.18 Å². The predicted octanol–water partition coefficient (Wildman–Crippen LogP) is 1.82. The molecule has 0 aliphatic carbocycles. The molecule has 1 aromatic rings. The molecular weight excluding hydrogens is 219 g/mol. The molecule has 4 heteroatoms. The van der Waals surface area contributed by atoms with Gasteiger partial charge >= 0.3 is 0 Å². The van der Waals surface area contributed by atoms with Gasteiger partial charge in [-0.1, -0.05) is 6.07 Å². The number of benzene rings is 1. The van der Waals surface area contributed by atoms with Gasteiger partial charge in [0.25, 0.3) is 5.91 Å². The third-order valence-electron chi connectivity index (χ3n) is 2.50. The number of rotatable bonds is 5. The molecule has 1 rings (SSSR count). The van der Waals surface area contributed by atoms with Crippen LogP contribution in [0.15, 0.2) is 18.2 Å². The highest BCUT2D eigenvalue weighted by atomic mass is 19.1. The number of carbonyl (C=O) groups is 1. The fraction of sp³-hybridized carbons (Fsp3) is 0.462. The third-order valence-corrected chi connectivity index (χ3v) is 2.50. The van der Waals surface area contributed by atoms with Crippen molar-refractivity contribution in [2.75, 3.05) is 27.2 Å². The number of carbonyl (C=O) groups excluding carboxylic acids is 1. The second-order valence-electron chi connectivity index (χ2n) is 4.38. The lowest BCUT2D eigenvalue weighted by atomic mass is 10.1. The number of nitrogens with zero attached hydrogens (tertiary/aromatic N) is 1. The minimum Gasteiger partial charge on any atom is -0.352 e. The van der Waals surface area contributed by atoms with E-state index in [2.05, 4.69) is 10.2 Å². The van der Waals surface area contributed by atoms with E-state index in [0.717, 1.165) is 13.0 Å². The second-order valence-corrected chi connectivity index (χ2v) is 4.38. The van der Waals surface area contributed by atoms with Crippen molar-refractivity contribution in [1.29, 1.82) is 0 Å². The van der Waals surface area contributed by atoms with Crippen LogP contribution in [0.4, 0.5) is 4.39 Å². The molecule has 0 fully saturated rings. The van der Waals surface area contributed by atoms with E-state index >= 15 is 0 Å². The normalized spacial score (nSPS) is 10.6. The molecular formula is C13H19FN2O. The Hall–Kier alpha value is -1.42. The molecule has 0 saturated carbocycles. The van der Waals surface area contributed by atoms with Crippen LogP contribution >= 0.6 is 0 Å². The van der Waals surface area contributed by atoms with E-state index in [1.165, 1.54) is 6.07 Å². The highest BCUT2D eigenvalue weighted by Gasteiger charge is 2.07. The molecule has 0 radical (unpaired) electrons. The molecule has 0 atom stereocenters. The first-order valence-electron chi connectivity index (χ1n) is 5.70. The quantitative estimate of drug-likeness (QED) is 0.794. The van der Waals surface area contributed by atoms with E-state index in [1.54, 1.807) is 19.1 Å². The van der Waals surface area contributed by atoms with Crippen molar-refractivity contribution in [3.05, 3.63) is 35.1 Å². The van der Waals surface area contributed by atoms with Gasteiger partial charge in [0.2, 0.25) is 0 Å². The molecule has 3 nitrogen and oxygen atoms in total. The van der Waals surface area contributed by atoms with Gasteiger partial charge in [-0.25, -0.2) is 4.39 Å². The number of halogens is 1. The lowest BCUT2D eigenvalue weighted by molar-refractivity contribution is 0.0952. The highest BCUT2D eigenvalue weighted by Crippen LogP contribution is 2.08. The molecule has 0 heterocycles. The van der Waals surface area contributed by atoms with Crippen LogP contribution < -0.4 is 5.32 Å². The number of hydrogen-bond acceptors (Lipinski definition) is 2. The summed E-state index contributed by atoms with van der Waals surface area (Å²) < 4.78 is 13.2. The summed E-state index contributed by atoms with van der Waals surface area (Å²) in [6.07, 6.45) is 0.882. The fourth-order valence-electron chi connectivity index (χ4n) is 1.43. The SMILES string of the molecule is Cc1ccc(C(=O)NCCCN(C)C)cc1F. The molecule has 0 aliphatic heterocycles. The predicted molar refractivity (Wildman–Crippen MR) is 66.6 cm³/mol. The van der Waals surface area contributed by atoms with Gasteiger partial charge in [-0.15, -0.1) is 0 Å². The summed E-state index contributed by atoms with van der Waals surface area (Å²) in [5, 5.41) is 2.77. The Kier molecular flexibility index (Phi) is 5.10. The molecule has 0 aliphatic rings. The summed E-state index contributed by atoms with van der Waals surface area (Å²) in [4.78, 5) is 13.7. The Balaban J connectivity index is 2.44. The maximum atomic E-state index is 13.2. The smallest absolute Gasteiger partial charge is 0.251 e. The zero-order chi connectivity index (χ0) is 12.8.